The highest BCUT2D eigenvalue weighted by Gasteiger charge is 2.57. The average molecular weight is 265 g/mol. The summed E-state index contributed by atoms with van der Waals surface area (Å²) in [6.07, 6.45) is -1.25. The maximum absolute atomic E-state index is 13.6. The van der Waals surface area contributed by atoms with Crippen molar-refractivity contribution >= 4 is 5.90 Å². The first-order valence-electron chi connectivity index (χ1n) is 5.65. The molecule has 2 rings (SSSR count). The van der Waals surface area contributed by atoms with E-state index in [1.165, 1.54) is 0 Å². The van der Waals surface area contributed by atoms with E-state index in [9.17, 15) is 17.6 Å². The normalized spacial score (nSPS) is 30.7. The third-order valence-corrected chi connectivity index (χ3v) is 3.64. The summed E-state index contributed by atoms with van der Waals surface area (Å²) >= 11 is 0. The van der Waals surface area contributed by atoms with Crippen LogP contribution in [0.3, 0.4) is 0 Å². The van der Waals surface area contributed by atoms with Crippen molar-refractivity contribution in [3.8, 4) is 0 Å². The van der Waals surface area contributed by atoms with Gasteiger partial charge in [-0.15, -0.1) is 0 Å². The molecular formula is C12H15F4NO. The quantitative estimate of drug-likeness (QED) is 0.664. The summed E-state index contributed by atoms with van der Waals surface area (Å²) in [7, 11) is 0. The maximum Gasteiger partial charge on any atom is 0.284 e. The number of ether oxygens (including phenoxy) is 1. The van der Waals surface area contributed by atoms with E-state index in [2.05, 4.69) is 4.99 Å². The van der Waals surface area contributed by atoms with E-state index < -0.39 is 35.0 Å². The van der Waals surface area contributed by atoms with E-state index in [4.69, 9.17) is 4.74 Å². The first-order chi connectivity index (χ1) is 7.86. The monoisotopic (exact) mass is 265 g/mol. The van der Waals surface area contributed by atoms with Crippen molar-refractivity contribution in [2.75, 3.05) is 0 Å². The predicted molar refractivity (Wildman–Crippen MR) is 59.3 cm³/mol. The van der Waals surface area contributed by atoms with Gasteiger partial charge in [-0.3, -0.25) is 0 Å². The Labute approximate surface area is 103 Å². The molecule has 0 aromatic carbocycles. The number of halogens is 4. The van der Waals surface area contributed by atoms with Crippen molar-refractivity contribution in [1.82, 2.24) is 0 Å². The van der Waals surface area contributed by atoms with Crippen LogP contribution in [0, 0.1) is 0 Å². The molecule has 0 amide bonds. The van der Waals surface area contributed by atoms with Crippen LogP contribution in [0.4, 0.5) is 17.6 Å². The Morgan fingerprint density at radius 3 is 2.00 bits per heavy atom. The van der Waals surface area contributed by atoms with Gasteiger partial charge in [-0.25, -0.2) is 22.6 Å². The fourth-order valence-corrected chi connectivity index (χ4v) is 1.87. The molecule has 0 spiro atoms. The minimum absolute atomic E-state index is 0.267. The highest BCUT2D eigenvalue weighted by molar-refractivity contribution is 5.97. The van der Waals surface area contributed by atoms with Crippen molar-refractivity contribution in [2.24, 2.45) is 4.99 Å². The Bertz CT molecular complexity index is 449. The van der Waals surface area contributed by atoms with Gasteiger partial charge in [0.05, 0.1) is 17.5 Å². The number of hydrogen-bond donors (Lipinski definition) is 0. The summed E-state index contributed by atoms with van der Waals surface area (Å²) in [5, 5.41) is 0. The van der Waals surface area contributed by atoms with Gasteiger partial charge in [-0.1, -0.05) is 0 Å². The van der Waals surface area contributed by atoms with E-state index in [1.54, 1.807) is 27.7 Å². The van der Waals surface area contributed by atoms with Gasteiger partial charge in [0.1, 0.15) is 5.60 Å². The summed E-state index contributed by atoms with van der Waals surface area (Å²) in [6.45, 7) is 6.81. The Balaban J connectivity index is 2.41. The lowest BCUT2D eigenvalue weighted by Crippen LogP contribution is -2.41. The first kappa shape index (κ1) is 13.4. The lowest BCUT2D eigenvalue weighted by Gasteiger charge is -2.30. The molecule has 0 unspecified atom stereocenters. The lowest BCUT2D eigenvalue weighted by molar-refractivity contribution is -0.0390. The van der Waals surface area contributed by atoms with Crippen molar-refractivity contribution < 1.29 is 22.3 Å². The Kier molecular flexibility index (Phi) is 2.43. The molecule has 0 saturated heterocycles. The Hall–Kier alpha value is -1.07. The van der Waals surface area contributed by atoms with E-state index >= 15 is 0 Å². The number of nitrogens with zero attached hydrogens (tertiary/aromatic N) is 1. The standard InChI is InChI=1S/C12H15F4NO/c1-9(2)10(3,4)18-8(17-9)7-5-11(13,14)6-12(7,15)16/h5H,6H2,1-4H3. The van der Waals surface area contributed by atoms with Crippen molar-refractivity contribution in [3.63, 3.8) is 0 Å². The molecule has 0 N–H and O–H groups in total. The number of alkyl halides is 4. The Morgan fingerprint density at radius 2 is 1.67 bits per heavy atom. The maximum atomic E-state index is 13.6. The summed E-state index contributed by atoms with van der Waals surface area (Å²) < 4.78 is 58.6. The molecule has 0 saturated carbocycles. The van der Waals surface area contributed by atoms with Crippen LogP contribution in [0.15, 0.2) is 16.6 Å². The van der Waals surface area contributed by atoms with Gasteiger partial charge in [0, 0.05) is 0 Å². The van der Waals surface area contributed by atoms with Crippen molar-refractivity contribution in [1.29, 1.82) is 0 Å². The summed E-state index contributed by atoms with van der Waals surface area (Å²) in [5.74, 6) is -7.48. The molecule has 18 heavy (non-hydrogen) atoms. The molecular weight excluding hydrogens is 250 g/mol. The second-order valence-corrected chi connectivity index (χ2v) is 5.79. The fraction of sp³-hybridized carbons (Fsp3) is 0.750. The van der Waals surface area contributed by atoms with Crippen LogP contribution in [-0.4, -0.2) is 28.9 Å². The van der Waals surface area contributed by atoms with Gasteiger partial charge in [0.15, 0.2) is 0 Å². The zero-order valence-electron chi connectivity index (χ0n) is 10.7. The highest BCUT2D eigenvalue weighted by atomic mass is 19.3. The number of rotatable bonds is 1. The van der Waals surface area contributed by atoms with Crippen LogP contribution >= 0.6 is 0 Å². The lowest BCUT2D eigenvalue weighted by atomic mass is 9.87. The van der Waals surface area contributed by atoms with Crippen LogP contribution in [0.1, 0.15) is 34.1 Å². The number of aliphatic imine (C=N–C) groups is 1. The molecule has 1 heterocycles. The molecule has 2 nitrogen and oxygen atoms in total. The zero-order chi connectivity index (χ0) is 14.0. The largest absolute Gasteiger partial charge is 0.469 e. The van der Waals surface area contributed by atoms with E-state index in [0.29, 0.717) is 0 Å². The molecule has 102 valence electrons. The summed E-state index contributed by atoms with van der Waals surface area (Å²) in [4.78, 5) is 4.03. The van der Waals surface area contributed by atoms with Crippen LogP contribution in [-0.2, 0) is 4.74 Å². The SMILES string of the molecule is CC1(C)N=C(C2=CC(F)(F)CC2(F)F)OC1(C)C. The van der Waals surface area contributed by atoms with E-state index in [-0.39, 0.29) is 12.0 Å². The van der Waals surface area contributed by atoms with Crippen LogP contribution < -0.4 is 0 Å². The molecule has 1 aliphatic heterocycles. The van der Waals surface area contributed by atoms with Crippen LogP contribution in [0.5, 0.6) is 0 Å². The third kappa shape index (κ3) is 1.91. The third-order valence-electron chi connectivity index (χ3n) is 3.64. The van der Waals surface area contributed by atoms with E-state index in [1.807, 2.05) is 0 Å². The predicted octanol–water partition coefficient (Wildman–Crippen LogP) is 3.57. The first-order valence-corrected chi connectivity index (χ1v) is 5.65. The molecule has 0 fully saturated rings. The minimum Gasteiger partial charge on any atom is -0.469 e. The number of allylic oxidation sites excluding steroid dienone is 1. The van der Waals surface area contributed by atoms with Crippen molar-refractivity contribution in [2.45, 2.75) is 57.1 Å². The minimum atomic E-state index is -3.60. The molecule has 0 aromatic heterocycles. The van der Waals surface area contributed by atoms with Gasteiger partial charge in [-0.05, 0) is 33.8 Å². The molecule has 0 aromatic rings. The van der Waals surface area contributed by atoms with E-state index in [0.717, 1.165) is 0 Å². The number of hydrogen-bond acceptors (Lipinski definition) is 2. The second kappa shape index (κ2) is 3.27. The van der Waals surface area contributed by atoms with Gasteiger partial charge < -0.3 is 4.74 Å². The van der Waals surface area contributed by atoms with Gasteiger partial charge >= 0.3 is 0 Å². The van der Waals surface area contributed by atoms with Gasteiger partial charge in [0.25, 0.3) is 11.8 Å². The molecule has 2 aliphatic rings. The zero-order valence-corrected chi connectivity index (χ0v) is 10.7. The average Bonchev–Trinajstić information content (AvgIpc) is 2.42. The van der Waals surface area contributed by atoms with Crippen molar-refractivity contribution in [3.05, 3.63) is 11.6 Å². The van der Waals surface area contributed by atoms with Crippen LogP contribution in [0.25, 0.3) is 0 Å². The van der Waals surface area contributed by atoms with Crippen LogP contribution in [0.2, 0.25) is 0 Å². The van der Waals surface area contributed by atoms with Gasteiger partial charge in [0.2, 0.25) is 5.90 Å². The molecule has 1 aliphatic carbocycles. The molecule has 0 radical (unpaired) electrons. The topological polar surface area (TPSA) is 21.6 Å². The second-order valence-electron chi connectivity index (χ2n) is 5.79. The Morgan fingerprint density at radius 1 is 1.11 bits per heavy atom. The molecule has 0 atom stereocenters. The highest BCUT2D eigenvalue weighted by Crippen LogP contribution is 2.47. The fourth-order valence-electron chi connectivity index (χ4n) is 1.87. The smallest absolute Gasteiger partial charge is 0.284 e. The molecule has 6 heteroatoms. The summed E-state index contributed by atoms with van der Waals surface area (Å²) in [6, 6.07) is 0. The summed E-state index contributed by atoms with van der Waals surface area (Å²) in [5.41, 5.74) is -2.35. The molecule has 0 bridgehead atoms. The van der Waals surface area contributed by atoms with Gasteiger partial charge in [-0.2, -0.15) is 0 Å².